The summed E-state index contributed by atoms with van der Waals surface area (Å²) in [5, 5.41) is 15.9. The number of aliphatic hydroxyl groups is 1. The Hall–Kier alpha value is -0.650. The molecule has 0 aromatic carbocycles. The Balaban J connectivity index is 2.52. The Bertz CT molecular complexity index is 247. The van der Waals surface area contributed by atoms with Crippen molar-refractivity contribution in [2.24, 2.45) is 0 Å². The number of aromatic nitrogens is 1. The van der Waals surface area contributed by atoms with E-state index in [2.05, 4.69) is 15.6 Å². The molecule has 0 spiro atoms. The summed E-state index contributed by atoms with van der Waals surface area (Å²) < 4.78 is 0. The highest BCUT2D eigenvalue weighted by molar-refractivity contribution is 7.15. The minimum atomic E-state index is 0.130. The SMILES string of the molecule is CNc1ncc(CC(CO)NC)s1. The van der Waals surface area contributed by atoms with Gasteiger partial charge in [0.15, 0.2) is 5.13 Å². The van der Waals surface area contributed by atoms with Gasteiger partial charge in [0.05, 0.1) is 6.61 Å². The highest BCUT2D eigenvalue weighted by Crippen LogP contribution is 2.18. The van der Waals surface area contributed by atoms with Gasteiger partial charge < -0.3 is 15.7 Å². The Labute approximate surface area is 82.0 Å². The molecule has 1 atom stereocenters. The Morgan fingerprint density at radius 2 is 2.38 bits per heavy atom. The van der Waals surface area contributed by atoms with Gasteiger partial charge in [-0.1, -0.05) is 0 Å². The van der Waals surface area contributed by atoms with Crippen LogP contribution in [0.4, 0.5) is 5.13 Å². The molecule has 1 rings (SSSR count). The number of nitrogens with zero attached hydrogens (tertiary/aromatic N) is 1. The zero-order valence-corrected chi connectivity index (χ0v) is 8.69. The summed E-state index contributed by atoms with van der Waals surface area (Å²) in [5.41, 5.74) is 0. The van der Waals surface area contributed by atoms with E-state index in [1.807, 2.05) is 20.3 Å². The molecule has 0 fully saturated rings. The van der Waals surface area contributed by atoms with E-state index in [9.17, 15) is 0 Å². The molecule has 0 saturated heterocycles. The monoisotopic (exact) mass is 201 g/mol. The fourth-order valence-corrected chi connectivity index (χ4v) is 1.86. The fourth-order valence-electron chi connectivity index (χ4n) is 1.02. The molecule has 1 aromatic heterocycles. The molecule has 1 heterocycles. The maximum atomic E-state index is 8.96. The van der Waals surface area contributed by atoms with Gasteiger partial charge in [-0.15, -0.1) is 11.3 Å². The Morgan fingerprint density at radius 1 is 1.62 bits per heavy atom. The second kappa shape index (κ2) is 5.16. The Morgan fingerprint density at radius 3 is 2.85 bits per heavy atom. The number of aliphatic hydroxyl groups excluding tert-OH is 1. The minimum absolute atomic E-state index is 0.130. The van der Waals surface area contributed by atoms with E-state index in [0.717, 1.165) is 11.6 Å². The van der Waals surface area contributed by atoms with E-state index >= 15 is 0 Å². The second-order valence-corrected chi connectivity index (χ2v) is 3.87. The molecule has 4 nitrogen and oxygen atoms in total. The largest absolute Gasteiger partial charge is 0.395 e. The van der Waals surface area contributed by atoms with Crippen molar-refractivity contribution in [1.82, 2.24) is 10.3 Å². The summed E-state index contributed by atoms with van der Waals surface area (Å²) in [6.45, 7) is 0.156. The fraction of sp³-hybridized carbons (Fsp3) is 0.625. The van der Waals surface area contributed by atoms with Crippen molar-refractivity contribution in [2.75, 3.05) is 26.0 Å². The van der Waals surface area contributed by atoms with Crippen LogP contribution in [0.15, 0.2) is 6.20 Å². The molecule has 1 aromatic rings. The van der Waals surface area contributed by atoms with Crippen molar-refractivity contribution in [2.45, 2.75) is 12.5 Å². The summed E-state index contributed by atoms with van der Waals surface area (Å²) in [4.78, 5) is 5.33. The van der Waals surface area contributed by atoms with E-state index in [4.69, 9.17) is 5.11 Å². The van der Waals surface area contributed by atoms with Crippen molar-refractivity contribution < 1.29 is 5.11 Å². The van der Waals surface area contributed by atoms with Crippen LogP contribution in [0, 0.1) is 0 Å². The van der Waals surface area contributed by atoms with Crippen molar-refractivity contribution in [1.29, 1.82) is 0 Å². The van der Waals surface area contributed by atoms with Crippen LogP contribution in [0.3, 0.4) is 0 Å². The molecule has 1 unspecified atom stereocenters. The topological polar surface area (TPSA) is 57.2 Å². The second-order valence-electron chi connectivity index (χ2n) is 2.75. The predicted octanol–water partition coefficient (Wildman–Crippen LogP) is 0.308. The van der Waals surface area contributed by atoms with Crippen LogP contribution < -0.4 is 10.6 Å². The van der Waals surface area contributed by atoms with Crippen LogP contribution in [-0.2, 0) is 6.42 Å². The van der Waals surface area contributed by atoms with Crippen LogP contribution in [0.5, 0.6) is 0 Å². The first-order valence-electron chi connectivity index (χ1n) is 4.20. The number of hydrogen-bond donors (Lipinski definition) is 3. The standard InChI is InChI=1S/C8H15N3OS/c1-9-6(5-12)3-7-4-11-8(10-2)13-7/h4,6,9,12H,3,5H2,1-2H3,(H,10,11). The van der Waals surface area contributed by atoms with Crippen molar-refractivity contribution in [3.05, 3.63) is 11.1 Å². The third-order valence-corrected chi connectivity index (χ3v) is 2.88. The highest BCUT2D eigenvalue weighted by atomic mass is 32.1. The lowest BCUT2D eigenvalue weighted by atomic mass is 10.2. The van der Waals surface area contributed by atoms with Crippen LogP contribution in [0.1, 0.15) is 4.88 Å². The first kappa shape index (κ1) is 10.4. The van der Waals surface area contributed by atoms with E-state index in [0.29, 0.717) is 0 Å². The molecule has 3 N–H and O–H groups in total. The van der Waals surface area contributed by atoms with Gasteiger partial charge in [0.25, 0.3) is 0 Å². The quantitative estimate of drug-likeness (QED) is 0.641. The molecule has 0 aliphatic rings. The third-order valence-electron chi connectivity index (χ3n) is 1.84. The number of likely N-dealkylation sites (N-methyl/N-ethyl adjacent to an activating group) is 1. The lowest BCUT2D eigenvalue weighted by Gasteiger charge is -2.10. The predicted molar refractivity (Wildman–Crippen MR) is 55.3 cm³/mol. The van der Waals surface area contributed by atoms with Gasteiger partial charge in [-0.05, 0) is 7.05 Å². The van der Waals surface area contributed by atoms with Gasteiger partial charge in [-0.3, -0.25) is 0 Å². The molecule has 0 saturated carbocycles. The normalized spacial score (nSPS) is 12.8. The smallest absolute Gasteiger partial charge is 0.182 e. The molecule has 0 amide bonds. The average molecular weight is 201 g/mol. The first-order valence-corrected chi connectivity index (χ1v) is 5.02. The molecule has 74 valence electrons. The average Bonchev–Trinajstić information content (AvgIpc) is 2.61. The Kier molecular flexibility index (Phi) is 4.14. The zero-order chi connectivity index (χ0) is 9.68. The van der Waals surface area contributed by atoms with Gasteiger partial charge in [0.2, 0.25) is 0 Å². The van der Waals surface area contributed by atoms with Gasteiger partial charge in [0.1, 0.15) is 0 Å². The van der Waals surface area contributed by atoms with Crippen LogP contribution in [0.25, 0.3) is 0 Å². The van der Waals surface area contributed by atoms with Crippen LogP contribution in [-0.4, -0.2) is 36.8 Å². The van der Waals surface area contributed by atoms with Crippen molar-refractivity contribution in [3.8, 4) is 0 Å². The van der Waals surface area contributed by atoms with Crippen molar-refractivity contribution >= 4 is 16.5 Å². The summed E-state index contributed by atoms with van der Waals surface area (Å²) in [5.74, 6) is 0. The maximum Gasteiger partial charge on any atom is 0.182 e. The molecule has 13 heavy (non-hydrogen) atoms. The summed E-state index contributed by atoms with van der Waals surface area (Å²) in [7, 11) is 3.70. The number of rotatable bonds is 5. The van der Waals surface area contributed by atoms with E-state index in [-0.39, 0.29) is 12.6 Å². The van der Waals surface area contributed by atoms with Gasteiger partial charge in [-0.2, -0.15) is 0 Å². The zero-order valence-electron chi connectivity index (χ0n) is 7.87. The van der Waals surface area contributed by atoms with E-state index in [1.165, 1.54) is 4.88 Å². The number of nitrogens with one attached hydrogen (secondary N) is 2. The third kappa shape index (κ3) is 2.95. The molecular formula is C8H15N3OS. The maximum absolute atomic E-state index is 8.96. The van der Waals surface area contributed by atoms with Gasteiger partial charge in [-0.25, -0.2) is 4.98 Å². The lowest BCUT2D eigenvalue weighted by molar-refractivity contribution is 0.248. The summed E-state index contributed by atoms with van der Waals surface area (Å²) in [6, 6.07) is 0.130. The molecule has 5 heteroatoms. The van der Waals surface area contributed by atoms with Crippen LogP contribution in [0.2, 0.25) is 0 Å². The first-order chi connectivity index (χ1) is 6.30. The van der Waals surface area contributed by atoms with E-state index in [1.54, 1.807) is 11.3 Å². The number of thiazole rings is 1. The molecule has 0 radical (unpaired) electrons. The summed E-state index contributed by atoms with van der Waals surface area (Å²) in [6.07, 6.45) is 2.67. The molecule has 0 aliphatic carbocycles. The molecule has 0 aliphatic heterocycles. The summed E-state index contributed by atoms with van der Waals surface area (Å²) >= 11 is 1.62. The number of hydrogen-bond acceptors (Lipinski definition) is 5. The van der Waals surface area contributed by atoms with Crippen LogP contribution >= 0.6 is 11.3 Å². The molecule has 0 bridgehead atoms. The van der Waals surface area contributed by atoms with Gasteiger partial charge >= 0.3 is 0 Å². The molecular weight excluding hydrogens is 186 g/mol. The van der Waals surface area contributed by atoms with Crippen molar-refractivity contribution in [3.63, 3.8) is 0 Å². The lowest BCUT2D eigenvalue weighted by Crippen LogP contribution is -2.30. The number of anilines is 1. The van der Waals surface area contributed by atoms with E-state index < -0.39 is 0 Å². The van der Waals surface area contributed by atoms with Gasteiger partial charge in [0, 0.05) is 30.6 Å². The minimum Gasteiger partial charge on any atom is -0.395 e. The highest BCUT2D eigenvalue weighted by Gasteiger charge is 2.07.